The molecule has 0 fully saturated rings. The van der Waals surface area contributed by atoms with Crippen LogP contribution < -0.4 is 15.2 Å². The lowest BCUT2D eigenvalue weighted by molar-refractivity contribution is 0.402. The van der Waals surface area contributed by atoms with Crippen molar-refractivity contribution in [3.8, 4) is 5.75 Å². The van der Waals surface area contributed by atoms with Gasteiger partial charge in [0, 0.05) is 13.7 Å². The van der Waals surface area contributed by atoms with Crippen molar-refractivity contribution in [2.24, 2.45) is 0 Å². The highest BCUT2D eigenvalue weighted by atomic mass is 127. The molecule has 0 aromatic heterocycles. The van der Waals surface area contributed by atoms with E-state index in [0.29, 0.717) is 15.8 Å². The summed E-state index contributed by atoms with van der Waals surface area (Å²) >= 11 is 5.30. The minimum Gasteiger partial charge on any atom is -0.495 e. The van der Waals surface area contributed by atoms with E-state index in [1.165, 1.54) is 19.2 Å². The van der Waals surface area contributed by atoms with Crippen LogP contribution in [0.3, 0.4) is 0 Å². The number of ether oxygens (including phenoxy) is 1. The summed E-state index contributed by atoms with van der Waals surface area (Å²) in [6.07, 6.45) is 0. The van der Waals surface area contributed by atoms with Gasteiger partial charge >= 0.3 is 0 Å². The molecule has 0 atom stereocenters. The Labute approximate surface area is 145 Å². The molecule has 112 valence electrons. The molecule has 0 saturated heterocycles. The van der Waals surface area contributed by atoms with Crippen LogP contribution in [-0.4, -0.2) is 15.5 Å². The van der Waals surface area contributed by atoms with E-state index in [9.17, 15) is 8.42 Å². The van der Waals surface area contributed by atoms with Gasteiger partial charge in [-0.25, -0.2) is 8.42 Å². The first kappa shape index (κ1) is 16.4. The molecule has 3 N–H and O–H groups in total. The summed E-state index contributed by atoms with van der Waals surface area (Å²) < 4.78 is 34.1. The number of sulfonamides is 1. The van der Waals surface area contributed by atoms with Crippen LogP contribution in [0.5, 0.6) is 5.75 Å². The van der Waals surface area contributed by atoms with Gasteiger partial charge in [-0.15, -0.1) is 0 Å². The van der Waals surface area contributed by atoms with Crippen molar-refractivity contribution in [1.82, 2.24) is 0 Å². The Morgan fingerprint density at radius 3 is 2.57 bits per heavy atom. The molecule has 0 spiro atoms. The summed E-state index contributed by atoms with van der Waals surface area (Å²) in [7, 11) is -2.39. The minimum absolute atomic E-state index is 0.00893. The number of rotatable bonds is 4. The van der Waals surface area contributed by atoms with Crippen molar-refractivity contribution in [1.29, 1.82) is 0 Å². The standard InChI is InChI=1S/C13H12BrIN2O3S/c1-20-12-6-8(14)10(16)7-13(12)21(18,19)17-11-5-3-2-4-9(11)15/h2-7,17H,16H2,1H3. The normalized spacial score (nSPS) is 11.2. The van der Waals surface area contributed by atoms with E-state index in [-0.39, 0.29) is 10.6 Å². The summed E-state index contributed by atoms with van der Waals surface area (Å²) in [5.41, 5.74) is 6.59. The predicted octanol–water partition coefficient (Wildman–Crippen LogP) is 3.45. The average molecular weight is 483 g/mol. The molecule has 0 radical (unpaired) electrons. The quantitative estimate of drug-likeness (QED) is 0.516. The second-order valence-corrected chi connectivity index (χ2v) is 7.78. The molecule has 0 unspecified atom stereocenters. The average Bonchev–Trinajstić information content (AvgIpc) is 2.43. The zero-order valence-corrected chi connectivity index (χ0v) is 15.5. The van der Waals surface area contributed by atoms with E-state index in [0.717, 1.165) is 3.57 Å². The maximum absolute atomic E-state index is 12.5. The van der Waals surface area contributed by atoms with E-state index >= 15 is 0 Å². The predicted molar refractivity (Wildman–Crippen MR) is 95.1 cm³/mol. The van der Waals surface area contributed by atoms with Crippen LogP contribution in [0, 0.1) is 3.57 Å². The topological polar surface area (TPSA) is 81.4 Å². The fourth-order valence-electron chi connectivity index (χ4n) is 1.66. The Bertz CT molecular complexity index is 781. The van der Waals surface area contributed by atoms with Gasteiger partial charge in [0.25, 0.3) is 10.0 Å². The number of nitrogens with two attached hydrogens (primary N) is 1. The molecule has 0 aliphatic rings. The van der Waals surface area contributed by atoms with E-state index in [2.05, 4.69) is 43.2 Å². The van der Waals surface area contributed by atoms with Crippen molar-refractivity contribution in [2.45, 2.75) is 4.90 Å². The number of para-hydroxylation sites is 1. The molecule has 0 bridgehead atoms. The third-order valence-corrected chi connectivity index (χ3v) is 5.70. The van der Waals surface area contributed by atoms with Gasteiger partial charge < -0.3 is 10.5 Å². The monoisotopic (exact) mass is 482 g/mol. The molecule has 5 nitrogen and oxygen atoms in total. The van der Waals surface area contributed by atoms with Gasteiger partial charge in [0.1, 0.15) is 10.6 Å². The van der Waals surface area contributed by atoms with Crippen LogP contribution in [0.1, 0.15) is 0 Å². The largest absolute Gasteiger partial charge is 0.495 e. The lowest BCUT2D eigenvalue weighted by Gasteiger charge is -2.14. The van der Waals surface area contributed by atoms with Crippen LogP contribution in [0.2, 0.25) is 0 Å². The first-order valence-electron chi connectivity index (χ1n) is 5.75. The second-order valence-electron chi connectivity index (χ2n) is 4.11. The van der Waals surface area contributed by atoms with Crippen molar-refractivity contribution >= 4 is 59.9 Å². The molecule has 0 aliphatic carbocycles. The Morgan fingerprint density at radius 2 is 1.95 bits per heavy atom. The van der Waals surface area contributed by atoms with E-state index in [1.54, 1.807) is 12.1 Å². The zero-order chi connectivity index (χ0) is 15.6. The van der Waals surface area contributed by atoms with E-state index in [1.807, 2.05) is 12.1 Å². The Morgan fingerprint density at radius 1 is 1.29 bits per heavy atom. The summed E-state index contributed by atoms with van der Waals surface area (Å²) in [5.74, 6) is 0.217. The number of anilines is 2. The van der Waals surface area contributed by atoms with Crippen LogP contribution in [0.25, 0.3) is 0 Å². The van der Waals surface area contributed by atoms with Gasteiger partial charge in [-0.1, -0.05) is 12.1 Å². The first-order valence-corrected chi connectivity index (χ1v) is 9.11. The molecule has 8 heteroatoms. The molecular formula is C13H12BrIN2O3S. The highest BCUT2D eigenvalue weighted by Gasteiger charge is 2.22. The number of methoxy groups -OCH3 is 1. The molecule has 2 aromatic rings. The fraction of sp³-hybridized carbons (Fsp3) is 0.0769. The minimum atomic E-state index is -3.80. The number of nitrogens with one attached hydrogen (secondary N) is 1. The van der Waals surface area contributed by atoms with Gasteiger partial charge in [-0.3, -0.25) is 4.72 Å². The van der Waals surface area contributed by atoms with Crippen LogP contribution in [0.15, 0.2) is 45.8 Å². The third-order valence-electron chi connectivity index (χ3n) is 2.69. The fourth-order valence-corrected chi connectivity index (χ4v) is 3.96. The molecule has 2 rings (SSSR count). The maximum Gasteiger partial charge on any atom is 0.265 e. The number of hydrogen-bond acceptors (Lipinski definition) is 4. The zero-order valence-electron chi connectivity index (χ0n) is 10.9. The van der Waals surface area contributed by atoms with Crippen LogP contribution in [-0.2, 0) is 10.0 Å². The van der Waals surface area contributed by atoms with Gasteiger partial charge in [0.15, 0.2) is 0 Å². The summed E-state index contributed by atoms with van der Waals surface area (Å²) in [4.78, 5) is -0.00893. The van der Waals surface area contributed by atoms with Gasteiger partial charge in [0.05, 0.1) is 12.8 Å². The molecule has 0 heterocycles. The number of halogens is 2. The Kier molecular flexibility index (Phi) is 4.99. The molecule has 2 aromatic carbocycles. The lowest BCUT2D eigenvalue weighted by Crippen LogP contribution is -2.15. The second kappa shape index (κ2) is 6.41. The summed E-state index contributed by atoms with van der Waals surface area (Å²) in [6.45, 7) is 0. The molecule has 21 heavy (non-hydrogen) atoms. The molecule has 0 saturated carbocycles. The van der Waals surface area contributed by atoms with Crippen molar-refractivity contribution in [2.75, 3.05) is 17.6 Å². The smallest absolute Gasteiger partial charge is 0.265 e. The number of hydrogen-bond donors (Lipinski definition) is 2. The van der Waals surface area contributed by atoms with Crippen LogP contribution >= 0.6 is 38.5 Å². The Hall–Kier alpha value is -1.000. The summed E-state index contributed by atoms with van der Waals surface area (Å²) in [5, 5.41) is 0. The van der Waals surface area contributed by atoms with Gasteiger partial charge in [-0.05, 0) is 62.8 Å². The van der Waals surface area contributed by atoms with Gasteiger partial charge in [-0.2, -0.15) is 0 Å². The molecule has 0 amide bonds. The summed E-state index contributed by atoms with van der Waals surface area (Å²) in [6, 6.07) is 9.98. The van der Waals surface area contributed by atoms with E-state index in [4.69, 9.17) is 10.5 Å². The highest BCUT2D eigenvalue weighted by molar-refractivity contribution is 14.1. The van der Waals surface area contributed by atoms with Crippen molar-refractivity contribution in [3.05, 3.63) is 44.4 Å². The van der Waals surface area contributed by atoms with Crippen molar-refractivity contribution in [3.63, 3.8) is 0 Å². The lowest BCUT2D eigenvalue weighted by atomic mass is 10.3. The number of benzene rings is 2. The van der Waals surface area contributed by atoms with Crippen LogP contribution in [0.4, 0.5) is 11.4 Å². The first-order chi connectivity index (χ1) is 9.85. The van der Waals surface area contributed by atoms with Gasteiger partial charge in [0.2, 0.25) is 0 Å². The third kappa shape index (κ3) is 3.61. The number of nitrogen functional groups attached to an aromatic ring is 1. The molecular weight excluding hydrogens is 471 g/mol. The Balaban J connectivity index is 2.50. The molecule has 0 aliphatic heterocycles. The SMILES string of the molecule is COc1cc(Br)c(N)cc1S(=O)(=O)Nc1ccccc1I. The highest BCUT2D eigenvalue weighted by Crippen LogP contribution is 2.33. The maximum atomic E-state index is 12.5. The van der Waals surface area contributed by atoms with Crippen molar-refractivity contribution < 1.29 is 13.2 Å². The van der Waals surface area contributed by atoms with E-state index < -0.39 is 10.0 Å².